The van der Waals surface area contributed by atoms with Gasteiger partial charge in [-0.1, -0.05) is 18.2 Å². The molecular weight excluding hydrogens is 180 g/mol. The molecule has 0 heterocycles. The van der Waals surface area contributed by atoms with Gasteiger partial charge in [-0.25, -0.2) is 0 Å². The maximum atomic E-state index is 9.05. The number of hydrogen-bond acceptors (Lipinski definition) is 2. The smallest absolute Gasteiger partial charge is 0.242 e. The molecular formula is C10H16O2Si. The van der Waals surface area contributed by atoms with Crippen LogP contribution in [-0.2, 0) is 6.61 Å². The van der Waals surface area contributed by atoms with Crippen LogP contribution in [0.25, 0.3) is 0 Å². The molecule has 0 aliphatic heterocycles. The molecule has 0 saturated heterocycles. The molecule has 0 saturated carbocycles. The monoisotopic (exact) mass is 196 g/mol. The first-order valence-electron chi connectivity index (χ1n) is 4.41. The number of benzene rings is 1. The van der Waals surface area contributed by atoms with E-state index in [-0.39, 0.29) is 6.61 Å². The van der Waals surface area contributed by atoms with Crippen LogP contribution in [0.2, 0.25) is 19.6 Å². The summed E-state index contributed by atoms with van der Waals surface area (Å²) < 4.78 is 5.80. The van der Waals surface area contributed by atoms with Crippen molar-refractivity contribution < 1.29 is 9.53 Å². The zero-order valence-electron chi connectivity index (χ0n) is 8.37. The van der Waals surface area contributed by atoms with Crippen molar-refractivity contribution in [3.05, 3.63) is 29.8 Å². The Hall–Kier alpha value is -0.803. The van der Waals surface area contributed by atoms with Gasteiger partial charge in [0.15, 0.2) is 0 Å². The van der Waals surface area contributed by atoms with Crippen molar-refractivity contribution in [2.24, 2.45) is 0 Å². The fraction of sp³-hybridized carbons (Fsp3) is 0.400. The van der Waals surface area contributed by atoms with Crippen LogP contribution < -0.4 is 4.43 Å². The number of para-hydroxylation sites is 1. The molecule has 0 radical (unpaired) electrons. The summed E-state index contributed by atoms with van der Waals surface area (Å²) in [6.07, 6.45) is 0. The lowest BCUT2D eigenvalue weighted by Crippen LogP contribution is -2.29. The van der Waals surface area contributed by atoms with E-state index in [1.54, 1.807) is 0 Å². The van der Waals surface area contributed by atoms with Gasteiger partial charge in [-0.3, -0.25) is 0 Å². The van der Waals surface area contributed by atoms with Crippen LogP contribution in [0.3, 0.4) is 0 Å². The van der Waals surface area contributed by atoms with Gasteiger partial charge in [0, 0.05) is 5.56 Å². The largest absolute Gasteiger partial charge is 0.544 e. The molecule has 1 rings (SSSR count). The van der Waals surface area contributed by atoms with Crippen LogP contribution in [0.1, 0.15) is 5.56 Å². The number of hydrogen-bond donors (Lipinski definition) is 1. The van der Waals surface area contributed by atoms with E-state index in [0.29, 0.717) is 0 Å². The highest BCUT2D eigenvalue weighted by Gasteiger charge is 2.17. The minimum atomic E-state index is -1.56. The predicted molar refractivity (Wildman–Crippen MR) is 56.3 cm³/mol. The number of rotatable bonds is 3. The summed E-state index contributed by atoms with van der Waals surface area (Å²) in [4.78, 5) is 0. The van der Waals surface area contributed by atoms with Crippen LogP contribution >= 0.6 is 0 Å². The second-order valence-corrected chi connectivity index (χ2v) is 8.41. The van der Waals surface area contributed by atoms with Crippen LogP contribution in [-0.4, -0.2) is 13.4 Å². The minimum Gasteiger partial charge on any atom is -0.544 e. The Kier molecular flexibility index (Phi) is 3.11. The molecule has 1 aromatic carbocycles. The first-order chi connectivity index (χ1) is 6.03. The molecule has 72 valence electrons. The maximum absolute atomic E-state index is 9.05. The lowest BCUT2D eigenvalue weighted by Gasteiger charge is -2.20. The molecule has 0 aliphatic rings. The Bertz CT molecular complexity index is 278. The van der Waals surface area contributed by atoms with E-state index >= 15 is 0 Å². The Morgan fingerprint density at radius 3 is 2.38 bits per heavy atom. The second kappa shape index (κ2) is 3.94. The standard InChI is InChI=1S/C10H16O2Si/c1-13(2,3)12-10-7-5-4-6-9(10)8-11/h4-7,11H,8H2,1-3H3. The first kappa shape index (κ1) is 10.3. The molecule has 1 aromatic rings. The van der Waals surface area contributed by atoms with Gasteiger partial charge in [0.05, 0.1) is 6.61 Å². The van der Waals surface area contributed by atoms with Gasteiger partial charge in [-0.15, -0.1) is 0 Å². The maximum Gasteiger partial charge on any atom is 0.242 e. The third-order valence-corrected chi connectivity index (χ3v) is 2.39. The average molecular weight is 196 g/mol. The summed E-state index contributed by atoms with van der Waals surface area (Å²) in [7, 11) is -1.56. The fourth-order valence-corrected chi connectivity index (χ4v) is 1.92. The molecule has 0 unspecified atom stereocenters. The van der Waals surface area contributed by atoms with Crippen molar-refractivity contribution in [3.63, 3.8) is 0 Å². The number of aliphatic hydroxyl groups excluding tert-OH is 1. The Morgan fingerprint density at radius 2 is 1.85 bits per heavy atom. The molecule has 0 fully saturated rings. The molecule has 0 amide bonds. The summed E-state index contributed by atoms with van der Waals surface area (Å²) >= 11 is 0. The molecule has 0 bridgehead atoms. The van der Waals surface area contributed by atoms with Gasteiger partial charge in [-0.2, -0.15) is 0 Å². The zero-order chi connectivity index (χ0) is 9.90. The third-order valence-electron chi connectivity index (χ3n) is 1.56. The van der Waals surface area contributed by atoms with E-state index in [4.69, 9.17) is 9.53 Å². The van der Waals surface area contributed by atoms with Gasteiger partial charge >= 0.3 is 0 Å². The topological polar surface area (TPSA) is 29.5 Å². The lowest BCUT2D eigenvalue weighted by atomic mass is 10.2. The van der Waals surface area contributed by atoms with E-state index in [9.17, 15) is 0 Å². The predicted octanol–water partition coefficient (Wildman–Crippen LogP) is 2.39. The van der Waals surface area contributed by atoms with Gasteiger partial charge in [0.1, 0.15) is 5.75 Å². The van der Waals surface area contributed by atoms with E-state index in [1.807, 2.05) is 24.3 Å². The van der Waals surface area contributed by atoms with Gasteiger partial charge in [0.2, 0.25) is 8.32 Å². The second-order valence-electron chi connectivity index (χ2n) is 3.98. The van der Waals surface area contributed by atoms with Gasteiger partial charge in [-0.05, 0) is 25.7 Å². The Balaban J connectivity index is 2.87. The molecule has 13 heavy (non-hydrogen) atoms. The van der Waals surface area contributed by atoms with Gasteiger partial charge in [0.25, 0.3) is 0 Å². The highest BCUT2D eigenvalue weighted by Crippen LogP contribution is 2.21. The average Bonchev–Trinajstić information content (AvgIpc) is 2.02. The highest BCUT2D eigenvalue weighted by molar-refractivity contribution is 6.70. The van der Waals surface area contributed by atoms with Crippen molar-refractivity contribution in [3.8, 4) is 5.75 Å². The van der Waals surface area contributed by atoms with Crippen molar-refractivity contribution in [1.82, 2.24) is 0 Å². The van der Waals surface area contributed by atoms with Crippen LogP contribution in [0.15, 0.2) is 24.3 Å². The molecule has 0 atom stereocenters. The van der Waals surface area contributed by atoms with Crippen LogP contribution in [0.5, 0.6) is 5.75 Å². The summed E-state index contributed by atoms with van der Waals surface area (Å²) in [6, 6.07) is 7.62. The van der Waals surface area contributed by atoms with Crippen LogP contribution in [0.4, 0.5) is 0 Å². The van der Waals surface area contributed by atoms with E-state index < -0.39 is 8.32 Å². The Morgan fingerprint density at radius 1 is 1.23 bits per heavy atom. The third kappa shape index (κ3) is 3.20. The summed E-state index contributed by atoms with van der Waals surface area (Å²) in [5, 5.41) is 9.05. The first-order valence-corrected chi connectivity index (χ1v) is 7.81. The van der Waals surface area contributed by atoms with Gasteiger partial charge < -0.3 is 9.53 Å². The molecule has 0 spiro atoms. The number of aliphatic hydroxyl groups is 1. The minimum absolute atomic E-state index is 0.0423. The van der Waals surface area contributed by atoms with E-state index in [0.717, 1.165) is 11.3 Å². The zero-order valence-corrected chi connectivity index (χ0v) is 9.37. The van der Waals surface area contributed by atoms with Crippen molar-refractivity contribution in [1.29, 1.82) is 0 Å². The van der Waals surface area contributed by atoms with E-state index in [2.05, 4.69) is 19.6 Å². The van der Waals surface area contributed by atoms with E-state index in [1.165, 1.54) is 0 Å². The quantitative estimate of drug-likeness (QED) is 0.752. The molecule has 2 nitrogen and oxygen atoms in total. The molecule has 0 aromatic heterocycles. The normalized spacial score (nSPS) is 11.4. The van der Waals surface area contributed by atoms with Crippen molar-refractivity contribution in [2.45, 2.75) is 26.2 Å². The molecule has 1 N–H and O–H groups in total. The Labute approximate surface area is 80.3 Å². The van der Waals surface area contributed by atoms with Crippen LogP contribution in [0, 0.1) is 0 Å². The highest BCUT2D eigenvalue weighted by atomic mass is 28.4. The lowest BCUT2D eigenvalue weighted by molar-refractivity contribution is 0.278. The fourth-order valence-electron chi connectivity index (χ4n) is 1.06. The van der Waals surface area contributed by atoms with Crippen molar-refractivity contribution >= 4 is 8.32 Å². The summed E-state index contributed by atoms with van der Waals surface area (Å²) in [5.41, 5.74) is 0.866. The SMILES string of the molecule is C[Si](C)(C)Oc1ccccc1CO. The molecule has 3 heteroatoms. The summed E-state index contributed by atoms with van der Waals surface area (Å²) in [5.74, 6) is 0.823. The molecule has 0 aliphatic carbocycles. The summed E-state index contributed by atoms with van der Waals surface area (Å²) in [6.45, 7) is 6.42. The van der Waals surface area contributed by atoms with Crippen molar-refractivity contribution in [2.75, 3.05) is 0 Å².